The van der Waals surface area contributed by atoms with Crippen molar-refractivity contribution in [3.05, 3.63) is 35.9 Å². The van der Waals surface area contributed by atoms with Crippen LogP contribution in [0.3, 0.4) is 0 Å². The van der Waals surface area contributed by atoms with Gasteiger partial charge in [0.1, 0.15) is 0 Å². The first-order valence-electron chi connectivity index (χ1n) is 6.09. The quantitative estimate of drug-likeness (QED) is 0.802. The van der Waals surface area contributed by atoms with Crippen molar-refractivity contribution in [3.63, 3.8) is 0 Å². The Bertz CT molecular complexity index is 334. The lowest BCUT2D eigenvalue weighted by Crippen LogP contribution is -2.50. The Balaban J connectivity index is 2.42. The van der Waals surface area contributed by atoms with Crippen molar-refractivity contribution >= 4 is 0 Å². The van der Waals surface area contributed by atoms with Crippen LogP contribution in [0.2, 0.25) is 0 Å². The van der Waals surface area contributed by atoms with E-state index in [1.165, 1.54) is 0 Å². The van der Waals surface area contributed by atoms with Gasteiger partial charge in [-0.25, -0.2) is 0 Å². The summed E-state index contributed by atoms with van der Waals surface area (Å²) >= 11 is 0. The molecule has 2 heteroatoms. The predicted molar refractivity (Wildman–Crippen MR) is 64.3 cm³/mol. The second-order valence-corrected chi connectivity index (χ2v) is 4.84. The highest BCUT2D eigenvalue weighted by molar-refractivity contribution is 5.29. The molecule has 2 rings (SSSR count). The molecule has 1 aliphatic rings. The molecule has 1 aromatic carbocycles. The average molecular weight is 220 g/mol. The normalized spacial score (nSPS) is 32.3. The van der Waals surface area contributed by atoms with Crippen molar-refractivity contribution in [2.45, 2.75) is 50.2 Å². The fraction of sp³-hybridized carbons (Fsp3) is 0.571. The van der Waals surface area contributed by atoms with Crippen molar-refractivity contribution in [3.8, 4) is 0 Å². The van der Waals surface area contributed by atoms with Crippen LogP contribution in [0.15, 0.2) is 30.3 Å². The topological polar surface area (TPSA) is 40.5 Å². The minimum atomic E-state index is -0.509. The number of hydrogen-bond acceptors (Lipinski definition) is 2. The molecule has 1 aliphatic carbocycles. The largest absolute Gasteiger partial charge is 0.392 e. The highest BCUT2D eigenvalue weighted by Gasteiger charge is 2.45. The summed E-state index contributed by atoms with van der Waals surface area (Å²) < 4.78 is 0. The maximum Gasteiger partial charge on any atom is 0.0661 e. The fourth-order valence-corrected chi connectivity index (χ4v) is 2.99. The molecule has 0 radical (unpaired) electrons. The van der Waals surface area contributed by atoms with Crippen LogP contribution in [0.5, 0.6) is 0 Å². The van der Waals surface area contributed by atoms with Gasteiger partial charge in [0.05, 0.1) is 12.2 Å². The van der Waals surface area contributed by atoms with Gasteiger partial charge in [-0.05, 0) is 25.3 Å². The number of benzene rings is 1. The second kappa shape index (κ2) is 4.56. The summed E-state index contributed by atoms with van der Waals surface area (Å²) in [6.07, 6.45) is 2.86. The maximum atomic E-state index is 10.3. The van der Waals surface area contributed by atoms with Gasteiger partial charge in [0.2, 0.25) is 0 Å². The van der Waals surface area contributed by atoms with Gasteiger partial charge in [0.15, 0.2) is 0 Å². The van der Waals surface area contributed by atoms with E-state index in [9.17, 15) is 10.2 Å². The van der Waals surface area contributed by atoms with Crippen LogP contribution in [0, 0.1) is 0 Å². The third-order valence-electron chi connectivity index (χ3n) is 3.97. The van der Waals surface area contributed by atoms with Gasteiger partial charge in [0.25, 0.3) is 0 Å². The molecule has 1 unspecified atom stereocenters. The van der Waals surface area contributed by atoms with Gasteiger partial charge in [-0.15, -0.1) is 0 Å². The Labute approximate surface area is 96.9 Å². The number of hydrogen-bond donors (Lipinski definition) is 2. The molecular weight excluding hydrogens is 200 g/mol. The van der Waals surface area contributed by atoms with E-state index in [0.717, 1.165) is 31.2 Å². The molecule has 0 aliphatic heterocycles. The minimum Gasteiger partial charge on any atom is -0.392 e. The first-order valence-corrected chi connectivity index (χ1v) is 6.09. The molecule has 16 heavy (non-hydrogen) atoms. The number of aliphatic hydroxyl groups excluding tert-OH is 2. The van der Waals surface area contributed by atoms with Crippen molar-refractivity contribution in [2.24, 2.45) is 0 Å². The second-order valence-electron chi connectivity index (χ2n) is 4.84. The standard InChI is InChI=1S/C14H20O2/c1-11(15)14(10-6-5-9-13(14)16)12-7-3-2-4-8-12/h2-4,7-8,11,13,15-16H,5-6,9-10H2,1H3/t11?,13-,14-/m1/s1. The van der Waals surface area contributed by atoms with Crippen molar-refractivity contribution in [1.82, 2.24) is 0 Å². The Kier molecular flexibility index (Phi) is 3.31. The molecule has 1 fully saturated rings. The molecule has 88 valence electrons. The Hall–Kier alpha value is -0.860. The van der Waals surface area contributed by atoms with E-state index in [1.54, 1.807) is 6.92 Å². The smallest absolute Gasteiger partial charge is 0.0661 e. The maximum absolute atomic E-state index is 10.3. The van der Waals surface area contributed by atoms with Crippen molar-refractivity contribution < 1.29 is 10.2 Å². The monoisotopic (exact) mass is 220 g/mol. The predicted octanol–water partition coefficient (Wildman–Crippen LogP) is 2.24. The molecule has 1 saturated carbocycles. The molecule has 2 N–H and O–H groups in total. The molecule has 0 saturated heterocycles. The molecule has 0 spiro atoms. The zero-order chi connectivity index (χ0) is 11.6. The Morgan fingerprint density at radius 1 is 1.25 bits per heavy atom. The average Bonchev–Trinajstić information content (AvgIpc) is 2.30. The lowest BCUT2D eigenvalue weighted by Gasteiger charge is -2.44. The summed E-state index contributed by atoms with van der Waals surface area (Å²) in [4.78, 5) is 0. The molecule has 3 atom stereocenters. The third-order valence-corrected chi connectivity index (χ3v) is 3.97. The van der Waals surface area contributed by atoms with E-state index in [2.05, 4.69) is 0 Å². The summed E-state index contributed by atoms with van der Waals surface area (Å²) in [7, 11) is 0. The van der Waals surface area contributed by atoms with Crippen LogP contribution in [-0.2, 0) is 5.41 Å². The highest BCUT2D eigenvalue weighted by Crippen LogP contribution is 2.42. The molecule has 2 nitrogen and oxygen atoms in total. The lowest BCUT2D eigenvalue weighted by molar-refractivity contribution is -0.0336. The van der Waals surface area contributed by atoms with Gasteiger partial charge >= 0.3 is 0 Å². The van der Waals surface area contributed by atoms with Gasteiger partial charge in [-0.1, -0.05) is 43.2 Å². The van der Waals surface area contributed by atoms with Crippen molar-refractivity contribution in [2.75, 3.05) is 0 Å². The van der Waals surface area contributed by atoms with Crippen LogP contribution < -0.4 is 0 Å². The van der Waals surface area contributed by atoms with Crippen LogP contribution in [0.1, 0.15) is 38.2 Å². The van der Waals surface area contributed by atoms with Gasteiger partial charge in [-0.3, -0.25) is 0 Å². The number of aliphatic hydroxyl groups is 2. The highest BCUT2D eigenvalue weighted by atomic mass is 16.3. The Morgan fingerprint density at radius 2 is 1.94 bits per heavy atom. The lowest BCUT2D eigenvalue weighted by atomic mass is 9.64. The van der Waals surface area contributed by atoms with Crippen LogP contribution in [0.4, 0.5) is 0 Å². The molecule has 0 amide bonds. The summed E-state index contributed by atoms with van der Waals surface area (Å²) in [6, 6.07) is 9.94. The zero-order valence-corrected chi connectivity index (χ0v) is 9.76. The summed E-state index contributed by atoms with van der Waals surface area (Å²) in [5.41, 5.74) is 0.608. The van der Waals surface area contributed by atoms with E-state index >= 15 is 0 Å². The van der Waals surface area contributed by atoms with E-state index in [-0.39, 0.29) is 0 Å². The summed E-state index contributed by atoms with van der Waals surface area (Å²) in [5.74, 6) is 0. The van der Waals surface area contributed by atoms with Crippen LogP contribution in [-0.4, -0.2) is 22.4 Å². The van der Waals surface area contributed by atoms with Gasteiger partial charge < -0.3 is 10.2 Å². The molecule has 0 bridgehead atoms. The molecule has 1 aromatic rings. The summed E-state index contributed by atoms with van der Waals surface area (Å²) in [6.45, 7) is 1.79. The van der Waals surface area contributed by atoms with E-state index in [1.807, 2.05) is 30.3 Å². The van der Waals surface area contributed by atoms with Crippen LogP contribution in [0.25, 0.3) is 0 Å². The SMILES string of the molecule is CC(O)[C@@]1(c2ccccc2)CCCC[C@H]1O. The molecular formula is C14H20O2. The Morgan fingerprint density at radius 3 is 2.50 bits per heavy atom. The third kappa shape index (κ3) is 1.76. The van der Waals surface area contributed by atoms with Crippen molar-refractivity contribution in [1.29, 1.82) is 0 Å². The molecule has 0 aromatic heterocycles. The zero-order valence-electron chi connectivity index (χ0n) is 9.76. The van der Waals surface area contributed by atoms with E-state index in [0.29, 0.717) is 0 Å². The van der Waals surface area contributed by atoms with Crippen LogP contribution >= 0.6 is 0 Å². The minimum absolute atomic E-state index is 0.427. The van der Waals surface area contributed by atoms with E-state index < -0.39 is 17.6 Å². The van der Waals surface area contributed by atoms with Gasteiger partial charge in [0, 0.05) is 5.41 Å². The van der Waals surface area contributed by atoms with Gasteiger partial charge in [-0.2, -0.15) is 0 Å². The molecule has 0 heterocycles. The first kappa shape index (κ1) is 11.6. The number of rotatable bonds is 2. The van der Waals surface area contributed by atoms with E-state index in [4.69, 9.17) is 0 Å². The summed E-state index contributed by atoms with van der Waals surface area (Å²) in [5, 5.41) is 20.4. The first-order chi connectivity index (χ1) is 7.68. The fourth-order valence-electron chi connectivity index (χ4n) is 2.99.